The minimum absolute atomic E-state index is 0.304. The highest BCUT2D eigenvalue weighted by Gasteiger charge is 2.46. The number of nitrogens with zero attached hydrogens (tertiary/aromatic N) is 1. The third kappa shape index (κ3) is 3.42. The van der Waals surface area contributed by atoms with Crippen LogP contribution < -0.4 is 10.1 Å². The SMILES string of the molecule is CC1Oc2ccc(C#N)cc2C(NC(=O)c2ccccc2-c2ccccc2)C1(C)O. The van der Waals surface area contributed by atoms with Crippen molar-refractivity contribution < 1.29 is 14.6 Å². The van der Waals surface area contributed by atoms with Crippen molar-refractivity contribution in [1.29, 1.82) is 5.26 Å². The number of fused-ring (bicyclic) bond motifs is 1. The van der Waals surface area contributed by atoms with Crippen molar-refractivity contribution in [2.45, 2.75) is 31.6 Å². The quantitative estimate of drug-likeness (QED) is 0.692. The zero-order chi connectivity index (χ0) is 21.3. The highest BCUT2D eigenvalue weighted by Crippen LogP contribution is 2.41. The summed E-state index contributed by atoms with van der Waals surface area (Å²) in [6.45, 7) is 3.39. The van der Waals surface area contributed by atoms with Crippen LogP contribution in [-0.4, -0.2) is 22.7 Å². The van der Waals surface area contributed by atoms with Crippen LogP contribution in [0.2, 0.25) is 0 Å². The van der Waals surface area contributed by atoms with Gasteiger partial charge in [-0.15, -0.1) is 0 Å². The van der Waals surface area contributed by atoms with Crippen LogP contribution in [0, 0.1) is 11.3 Å². The van der Waals surface area contributed by atoms with Gasteiger partial charge in [0.25, 0.3) is 5.91 Å². The first-order valence-electron chi connectivity index (χ1n) is 9.80. The van der Waals surface area contributed by atoms with Crippen molar-refractivity contribution in [2.24, 2.45) is 0 Å². The number of hydrogen-bond donors (Lipinski definition) is 2. The van der Waals surface area contributed by atoms with Gasteiger partial charge in [-0.3, -0.25) is 4.79 Å². The molecule has 1 aliphatic heterocycles. The van der Waals surface area contributed by atoms with Gasteiger partial charge >= 0.3 is 0 Å². The number of nitrogens with one attached hydrogen (secondary N) is 1. The summed E-state index contributed by atoms with van der Waals surface area (Å²) in [7, 11) is 0. The highest BCUT2D eigenvalue weighted by atomic mass is 16.5. The molecule has 30 heavy (non-hydrogen) atoms. The number of ether oxygens (including phenoxy) is 1. The Balaban J connectivity index is 1.75. The second-order valence-electron chi connectivity index (χ2n) is 7.67. The molecule has 0 saturated carbocycles. The highest BCUT2D eigenvalue weighted by molar-refractivity contribution is 6.01. The van der Waals surface area contributed by atoms with Gasteiger partial charge in [-0.25, -0.2) is 0 Å². The molecule has 1 heterocycles. The predicted octanol–water partition coefficient (Wildman–Crippen LogP) is 4.23. The summed E-state index contributed by atoms with van der Waals surface area (Å²) in [6.07, 6.45) is -0.549. The van der Waals surface area contributed by atoms with E-state index in [1.807, 2.05) is 48.5 Å². The first kappa shape index (κ1) is 19.7. The molecule has 0 aromatic heterocycles. The van der Waals surface area contributed by atoms with E-state index in [0.29, 0.717) is 22.4 Å². The van der Waals surface area contributed by atoms with Crippen molar-refractivity contribution >= 4 is 5.91 Å². The van der Waals surface area contributed by atoms with Crippen LogP contribution in [0.15, 0.2) is 72.8 Å². The number of benzene rings is 3. The molecule has 1 aliphatic rings. The van der Waals surface area contributed by atoms with Gasteiger partial charge in [-0.05, 0) is 49.2 Å². The molecule has 2 N–H and O–H groups in total. The van der Waals surface area contributed by atoms with Gasteiger partial charge in [0.1, 0.15) is 17.5 Å². The second kappa shape index (κ2) is 7.66. The Kier molecular flexibility index (Phi) is 5.03. The molecule has 150 valence electrons. The summed E-state index contributed by atoms with van der Waals surface area (Å²) in [6, 6.07) is 23.4. The average Bonchev–Trinajstić information content (AvgIpc) is 2.77. The zero-order valence-electron chi connectivity index (χ0n) is 16.8. The van der Waals surface area contributed by atoms with Crippen molar-refractivity contribution in [3.63, 3.8) is 0 Å². The van der Waals surface area contributed by atoms with Crippen LogP contribution in [0.1, 0.15) is 41.4 Å². The van der Waals surface area contributed by atoms with Crippen molar-refractivity contribution in [3.8, 4) is 22.9 Å². The number of nitriles is 1. The monoisotopic (exact) mass is 398 g/mol. The summed E-state index contributed by atoms with van der Waals surface area (Å²) in [5, 5.41) is 23.5. The summed E-state index contributed by atoms with van der Waals surface area (Å²) in [4.78, 5) is 13.3. The maximum Gasteiger partial charge on any atom is 0.252 e. The van der Waals surface area contributed by atoms with E-state index in [2.05, 4.69) is 11.4 Å². The predicted molar refractivity (Wildman–Crippen MR) is 114 cm³/mol. The topological polar surface area (TPSA) is 82.3 Å². The molecule has 0 radical (unpaired) electrons. The van der Waals surface area contributed by atoms with Gasteiger partial charge in [0.05, 0.1) is 17.7 Å². The van der Waals surface area contributed by atoms with E-state index in [4.69, 9.17) is 4.74 Å². The molecule has 0 bridgehead atoms. The molecule has 0 aliphatic carbocycles. The Morgan fingerprint density at radius 1 is 1.10 bits per heavy atom. The van der Waals surface area contributed by atoms with E-state index in [-0.39, 0.29) is 5.91 Å². The van der Waals surface area contributed by atoms with Gasteiger partial charge in [0.15, 0.2) is 0 Å². The van der Waals surface area contributed by atoms with Crippen LogP contribution in [0.4, 0.5) is 0 Å². The maximum absolute atomic E-state index is 13.3. The first-order chi connectivity index (χ1) is 14.4. The normalized spacial score (nSPS) is 22.3. The zero-order valence-corrected chi connectivity index (χ0v) is 16.8. The van der Waals surface area contributed by atoms with Crippen LogP contribution in [0.3, 0.4) is 0 Å². The minimum atomic E-state index is -1.36. The summed E-state index contributed by atoms with van der Waals surface area (Å²) in [5.74, 6) is 0.247. The second-order valence-corrected chi connectivity index (χ2v) is 7.67. The third-order valence-electron chi connectivity index (χ3n) is 5.69. The molecule has 5 heteroatoms. The Morgan fingerprint density at radius 3 is 2.53 bits per heavy atom. The molecule has 3 atom stereocenters. The van der Waals surface area contributed by atoms with E-state index in [1.54, 1.807) is 38.1 Å². The van der Waals surface area contributed by atoms with E-state index in [9.17, 15) is 15.2 Å². The number of aliphatic hydroxyl groups is 1. The van der Waals surface area contributed by atoms with E-state index < -0.39 is 17.7 Å². The van der Waals surface area contributed by atoms with Crippen LogP contribution in [-0.2, 0) is 0 Å². The van der Waals surface area contributed by atoms with Crippen LogP contribution >= 0.6 is 0 Å². The molecule has 4 rings (SSSR count). The standard InChI is InChI=1S/C25H22N2O3/c1-16-25(2,29)23(21-14-17(15-26)12-13-22(21)30-16)27-24(28)20-11-7-6-10-19(20)18-8-4-3-5-9-18/h3-14,16,23,29H,1-2H3,(H,27,28). The lowest BCUT2D eigenvalue weighted by Gasteiger charge is -2.43. The average molecular weight is 398 g/mol. The van der Waals surface area contributed by atoms with Crippen molar-refractivity contribution in [2.75, 3.05) is 0 Å². The van der Waals surface area contributed by atoms with Gasteiger partial charge in [0.2, 0.25) is 0 Å². The van der Waals surface area contributed by atoms with Gasteiger partial charge in [0, 0.05) is 11.1 Å². The number of rotatable bonds is 3. The maximum atomic E-state index is 13.3. The van der Waals surface area contributed by atoms with E-state index in [1.165, 1.54) is 0 Å². The van der Waals surface area contributed by atoms with Gasteiger partial charge in [-0.2, -0.15) is 5.26 Å². The number of amides is 1. The Bertz CT molecular complexity index is 1130. The van der Waals surface area contributed by atoms with E-state index >= 15 is 0 Å². The summed E-state index contributed by atoms with van der Waals surface area (Å²) in [5.41, 5.74) is 1.91. The van der Waals surface area contributed by atoms with Gasteiger partial charge < -0.3 is 15.2 Å². The van der Waals surface area contributed by atoms with E-state index in [0.717, 1.165) is 11.1 Å². The fraction of sp³-hybridized carbons (Fsp3) is 0.200. The Morgan fingerprint density at radius 2 is 1.80 bits per heavy atom. The third-order valence-corrected chi connectivity index (χ3v) is 5.69. The van der Waals surface area contributed by atoms with Crippen molar-refractivity contribution in [3.05, 3.63) is 89.5 Å². The molecule has 0 saturated heterocycles. The fourth-order valence-corrected chi connectivity index (χ4v) is 3.79. The number of hydrogen-bond acceptors (Lipinski definition) is 4. The molecular weight excluding hydrogens is 376 g/mol. The van der Waals surface area contributed by atoms with Gasteiger partial charge in [-0.1, -0.05) is 48.5 Å². The van der Waals surface area contributed by atoms with Crippen molar-refractivity contribution in [1.82, 2.24) is 5.32 Å². The first-order valence-corrected chi connectivity index (χ1v) is 9.80. The molecule has 1 amide bonds. The molecule has 5 nitrogen and oxygen atoms in total. The Hall–Kier alpha value is -3.62. The molecule has 0 spiro atoms. The molecular formula is C25H22N2O3. The lowest BCUT2D eigenvalue weighted by Crippen LogP contribution is -2.55. The number of carbonyl (C=O) groups is 1. The number of carbonyl (C=O) groups excluding carboxylic acids is 1. The lowest BCUT2D eigenvalue weighted by molar-refractivity contribution is -0.0791. The summed E-state index contributed by atoms with van der Waals surface area (Å²) >= 11 is 0. The molecule has 3 aromatic carbocycles. The lowest BCUT2D eigenvalue weighted by atomic mass is 9.82. The Labute approximate surface area is 175 Å². The largest absolute Gasteiger partial charge is 0.487 e. The molecule has 0 fully saturated rings. The minimum Gasteiger partial charge on any atom is -0.487 e. The molecule has 3 aromatic rings. The van der Waals surface area contributed by atoms with Crippen LogP contribution in [0.5, 0.6) is 5.75 Å². The summed E-state index contributed by atoms with van der Waals surface area (Å²) < 4.78 is 5.85. The fourth-order valence-electron chi connectivity index (χ4n) is 3.79. The molecule has 3 unspecified atom stereocenters. The van der Waals surface area contributed by atoms with Crippen LogP contribution in [0.25, 0.3) is 11.1 Å². The smallest absolute Gasteiger partial charge is 0.252 e.